The van der Waals surface area contributed by atoms with Crippen LogP contribution < -0.4 is 9.47 Å². The van der Waals surface area contributed by atoms with E-state index in [-0.39, 0.29) is 5.88 Å². The van der Waals surface area contributed by atoms with E-state index in [1.54, 1.807) is 17.1 Å². The number of aromatic nitrogens is 4. The van der Waals surface area contributed by atoms with Gasteiger partial charge in [-0.2, -0.15) is 10.1 Å². The van der Waals surface area contributed by atoms with Gasteiger partial charge in [0.1, 0.15) is 11.8 Å². The Morgan fingerprint density at radius 2 is 2.11 bits per heavy atom. The van der Waals surface area contributed by atoms with Gasteiger partial charge in [-0.1, -0.05) is 0 Å². The number of ether oxygens (including phenoxy) is 2. The number of hydrogen-bond donors (Lipinski definition) is 1. The molecule has 7 heteroatoms. The van der Waals surface area contributed by atoms with Crippen LogP contribution in [0.15, 0.2) is 18.6 Å². The second kappa shape index (κ2) is 5.66. The Morgan fingerprint density at radius 3 is 2.68 bits per heavy atom. The first-order chi connectivity index (χ1) is 9.19. The fourth-order valence-corrected chi connectivity index (χ4v) is 1.65. The van der Waals surface area contributed by atoms with Gasteiger partial charge in [0, 0.05) is 18.3 Å². The second-order valence-electron chi connectivity index (χ2n) is 3.84. The van der Waals surface area contributed by atoms with Gasteiger partial charge in [-0.15, -0.1) is 0 Å². The van der Waals surface area contributed by atoms with E-state index in [9.17, 15) is 5.11 Å². The van der Waals surface area contributed by atoms with Crippen molar-refractivity contribution in [2.24, 2.45) is 0 Å². The summed E-state index contributed by atoms with van der Waals surface area (Å²) in [6, 6.07) is 0. The zero-order valence-electron chi connectivity index (χ0n) is 11.1. The molecule has 0 spiro atoms. The van der Waals surface area contributed by atoms with E-state index in [0.29, 0.717) is 17.1 Å². The number of aliphatic hydroxyl groups is 1. The predicted molar refractivity (Wildman–Crippen MR) is 67.1 cm³/mol. The summed E-state index contributed by atoms with van der Waals surface area (Å²) in [4.78, 5) is 8.22. The molecular formula is C12H16N4O3. The fourth-order valence-electron chi connectivity index (χ4n) is 1.65. The highest BCUT2D eigenvalue weighted by Crippen LogP contribution is 2.27. The molecule has 1 N–H and O–H groups in total. The standard InChI is InChI=1S/C12H16N4O3/c1-4-16-7-8(5-14-16)11(17)10-12(19-3)15-9(18-2)6-13-10/h5-7,11,17H,4H2,1-3H3. The lowest BCUT2D eigenvalue weighted by molar-refractivity contribution is 0.206. The molecule has 7 nitrogen and oxygen atoms in total. The number of methoxy groups -OCH3 is 2. The van der Waals surface area contributed by atoms with Gasteiger partial charge in [0.25, 0.3) is 0 Å². The summed E-state index contributed by atoms with van der Waals surface area (Å²) in [6.07, 6.45) is 3.86. The van der Waals surface area contributed by atoms with Gasteiger partial charge in [-0.05, 0) is 6.92 Å². The maximum absolute atomic E-state index is 10.3. The molecule has 2 aromatic rings. The molecular weight excluding hydrogens is 248 g/mol. The molecule has 0 bridgehead atoms. The Balaban J connectivity index is 2.34. The first-order valence-electron chi connectivity index (χ1n) is 5.85. The summed E-state index contributed by atoms with van der Waals surface area (Å²) in [5.41, 5.74) is 0.971. The minimum absolute atomic E-state index is 0.232. The minimum Gasteiger partial charge on any atom is -0.480 e. The van der Waals surface area contributed by atoms with Crippen LogP contribution in [0.5, 0.6) is 11.8 Å². The van der Waals surface area contributed by atoms with Crippen molar-refractivity contribution in [2.45, 2.75) is 19.6 Å². The fraction of sp³-hybridized carbons (Fsp3) is 0.417. The normalized spacial score (nSPS) is 12.2. The molecule has 2 heterocycles. The van der Waals surface area contributed by atoms with Crippen molar-refractivity contribution in [1.82, 2.24) is 19.7 Å². The SMILES string of the molecule is CCn1cc(C(O)c2ncc(OC)nc2OC)cn1. The molecule has 0 aromatic carbocycles. The van der Waals surface area contributed by atoms with Crippen LogP contribution in [-0.4, -0.2) is 39.1 Å². The number of rotatable bonds is 5. The van der Waals surface area contributed by atoms with Crippen molar-refractivity contribution in [3.63, 3.8) is 0 Å². The quantitative estimate of drug-likeness (QED) is 0.859. The van der Waals surface area contributed by atoms with Crippen LogP contribution in [-0.2, 0) is 6.54 Å². The summed E-state index contributed by atoms with van der Waals surface area (Å²) in [7, 11) is 2.96. The number of aryl methyl sites for hydroxylation is 1. The molecule has 19 heavy (non-hydrogen) atoms. The van der Waals surface area contributed by atoms with Crippen LogP contribution in [0.25, 0.3) is 0 Å². The molecule has 0 aliphatic heterocycles. The Kier molecular flexibility index (Phi) is 3.96. The van der Waals surface area contributed by atoms with Gasteiger partial charge < -0.3 is 14.6 Å². The van der Waals surface area contributed by atoms with Crippen LogP contribution >= 0.6 is 0 Å². The van der Waals surface area contributed by atoms with Gasteiger partial charge in [0.05, 0.1) is 26.6 Å². The highest BCUT2D eigenvalue weighted by molar-refractivity contribution is 5.30. The third kappa shape index (κ3) is 2.65. The molecule has 2 aromatic heterocycles. The molecule has 102 valence electrons. The zero-order chi connectivity index (χ0) is 13.8. The monoisotopic (exact) mass is 264 g/mol. The highest BCUT2D eigenvalue weighted by Gasteiger charge is 2.20. The summed E-state index contributed by atoms with van der Waals surface area (Å²) < 4.78 is 11.8. The van der Waals surface area contributed by atoms with Crippen LogP contribution in [0.2, 0.25) is 0 Å². The first-order valence-corrected chi connectivity index (χ1v) is 5.85. The lowest BCUT2D eigenvalue weighted by Gasteiger charge is -2.12. The van der Waals surface area contributed by atoms with Gasteiger partial charge >= 0.3 is 0 Å². The lowest BCUT2D eigenvalue weighted by atomic mass is 10.1. The molecule has 1 unspecified atom stereocenters. The molecule has 0 aliphatic rings. The van der Waals surface area contributed by atoms with Crippen LogP contribution in [0, 0.1) is 0 Å². The summed E-state index contributed by atoms with van der Waals surface area (Å²) in [6.45, 7) is 2.70. The van der Waals surface area contributed by atoms with Crippen molar-refractivity contribution in [3.8, 4) is 11.8 Å². The van der Waals surface area contributed by atoms with E-state index in [4.69, 9.17) is 9.47 Å². The van der Waals surface area contributed by atoms with E-state index in [1.165, 1.54) is 20.4 Å². The zero-order valence-corrected chi connectivity index (χ0v) is 11.1. The molecule has 0 saturated carbocycles. The first kappa shape index (κ1) is 13.3. The Hall–Kier alpha value is -2.15. The Morgan fingerprint density at radius 1 is 1.32 bits per heavy atom. The van der Waals surface area contributed by atoms with E-state index < -0.39 is 6.10 Å². The summed E-state index contributed by atoms with van der Waals surface area (Å²) in [5.74, 6) is 0.563. The van der Waals surface area contributed by atoms with Crippen molar-refractivity contribution in [3.05, 3.63) is 29.8 Å². The van der Waals surface area contributed by atoms with Gasteiger partial charge in [0.15, 0.2) is 0 Å². The smallest absolute Gasteiger partial charge is 0.241 e. The largest absolute Gasteiger partial charge is 0.480 e. The van der Waals surface area contributed by atoms with Crippen molar-refractivity contribution in [1.29, 1.82) is 0 Å². The third-order valence-corrected chi connectivity index (χ3v) is 2.70. The van der Waals surface area contributed by atoms with Crippen LogP contribution in [0.4, 0.5) is 0 Å². The van der Waals surface area contributed by atoms with E-state index >= 15 is 0 Å². The molecule has 0 fully saturated rings. The van der Waals surface area contributed by atoms with E-state index in [2.05, 4.69) is 15.1 Å². The molecule has 1 atom stereocenters. The highest BCUT2D eigenvalue weighted by atomic mass is 16.5. The van der Waals surface area contributed by atoms with Crippen molar-refractivity contribution < 1.29 is 14.6 Å². The molecule has 0 saturated heterocycles. The molecule has 2 rings (SSSR count). The lowest BCUT2D eigenvalue weighted by Crippen LogP contribution is -2.07. The topological polar surface area (TPSA) is 82.3 Å². The van der Waals surface area contributed by atoms with Crippen molar-refractivity contribution >= 4 is 0 Å². The van der Waals surface area contributed by atoms with E-state index in [0.717, 1.165) is 6.54 Å². The summed E-state index contributed by atoms with van der Waals surface area (Å²) >= 11 is 0. The van der Waals surface area contributed by atoms with Gasteiger partial charge in [-0.25, -0.2) is 4.98 Å². The second-order valence-corrected chi connectivity index (χ2v) is 3.84. The molecule has 0 aliphatic carbocycles. The van der Waals surface area contributed by atoms with Crippen molar-refractivity contribution in [2.75, 3.05) is 14.2 Å². The van der Waals surface area contributed by atoms with Crippen LogP contribution in [0.1, 0.15) is 24.3 Å². The molecule has 0 radical (unpaired) electrons. The van der Waals surface area contributed by atoms with Crippen LogP contribution in [0.3, 0.4) is 0 Å². The Bertz CT molecular complexity index is 556. The minimum atomic E-state index is -0.936. The number of hydrogen-bond acceptors (Lipinski definition) is 6. The van der Waals surface area contributed by atoms with E-state index in [1.807, 2.05) is 6.92 Å². The Labute approximate surface area is 110 Å². The maximum atomic E-state index is 10.3. The van der Waals surface area contributed by atoms with Gasteiger partial charge in [0.2, 0.25) is 11.8 Å². The van der Waals surface area contributed by atoms with Gasteiger partial charge in [-0.3, -0.25) is 4.68 Å². The molecule has 0 amide bonds. The number of nitrogens with zero attached hydrogens (tertiary/aromatic N) is 4. The summed E-state index contributed by atoms with van der Waals surface area (Å²) in [5, 5.41) is 14.4. The predicted octanol–water partition coefficient (Wildman–Crippen LogP) is 0.792. The maximum Gasteiger partial charge on any atom is 0.241 e. The number of aliphatic hydroxyl groups excluding tert-OH is 1. The third-order valence-electron chi connectivity index (χ3n) is 2.70. The average molecular weight is 264 g/mol. The average Bonchev–Trinajstić information content (AvgIpc) is 2.94.